The van der Waals surface area contributed by atoms with Gasteiger partial charge in [-0.3, -0.25) is 4.68 Å². The molecule has 37 heavy (non-hydrogen) atoms. The number of hydrogen-bond acceptors (Lipinski definition) is 7. The summed E-state index contributed by atoms with van der Waals surface area (Å²) < 4.78 is 19.9. The van der Waals surface area contributed by atoms with Crippen molar-refractivity contribution in [1.82, 2.24) is 44.3 Å². The average molecular weight is 495 g/mol. The molecule has 2 aromatic carbocycles. The largest absolute Gasteiger partial charge is 0.336 e. The molecule has 1 atom stereocenters. The normalized spacial score (nSPS) is 12.2. The third-order valence-electron chi connectivity index (χ3n) is 6.34. The quantitative estimate of drug-likeness (QED) is 0.370. The number of aryl methyl sites for hydroxylation is 3. The molecule has 184 valence electrons. The van der Waals surface area contributed by atoms with Crippen LogP contribution in [0.2, 0.25) is 0 Å². The summed E-state index contributed by atoms with van der Waals surface area (Å²) in [4.78, 5) is 13.5. The lowest BCUT2D eigenvalue weighted by Gasteiger charge is -2.19. The Morgan fingerprint density at radius 1 is 0.946 bits per heavy atom. The van der Waals surface area contributed by atoms with Crippen LogP contribution < -0.4 is 5.32 Å². The van der Waals surface area contributed by atoms with Crippen LogP contribution in [0, 0.1) is 12.7 Å². The molecule has 1 N–H and O–H groups in total. The van der Waals surface area contributed by atoms with E-state index >= 15 is 0 Å². The van der Waals surface area contributed by atoms with Crippen molar-refractivity contribution in [2.75, 3.05) is 5.32 Å². The highest BCUT2D eigenvalue weighted by Crippen LogP contribution is 2.30. The van der Waals surface area contributed by atoms with E-state index in [0.29, 0.717) is 17.0 Å². The minimum absolute atomic E-state index is 0.275. The molecule has 0 saturated carbocycles. The van der Waals surface area contributed by atoms with E-state index in [1.165, 1.54) is 6.07 Å². The third-order valence-corrected chi connectivity index (χ3v) is 6.34. The lowest BCUT2D eigenvalue weighted by Crippen LogP contribution is -2.18. The van der Waals surface area contributed by atoms with Gasteiger partial charge in [-0.25, -0.2) is 24.0 Å². The van der Waals surface area contributed by atoms with Crippen molar-refractivity contribution in [2.24, 2.45) is 14.1 Å². The molecule has 0 radical (unpaired) electrons. The van der Waals surface area contributed by atoms with Crippen LogP contribution in [0.15, 0.2) is 73.3 Å². The first kappa shape index (κ1) is 22.5. The van der Waals surface area contributed by atoms with Crippen molar-refractivity contribution < 1.29 is 4.39 Å². The first-order valence-electron chi connectivity index (χ1n) is 11.6. The van der Waals surface area contributed by atoms with E-state index in [2.05, 4.69) is 35.7 Å². The minimum atomic E-state index is -0.459. The molecular formula is C26H23FN10. The first-order chi connectivity index (χ1) is 18.0. The molecule has 1 unspecified atom stereocenters. The van der Waals surface area contributed by atoms with Crippen LogP contribution in [0.1, 0.15) is 23.0 Å². The van der Waals surface area contributed by atoms with Gasteiger partial charge in [0.2, 0.25) is 5.95 Å². The monoisotopic (exact) mass is 494 g/mol. The molecule has 6 aromatic rings. The summed E-state index contributed by atoms with van der Waals surface area (Å²) in [7, 11) is 3.75. The molecule has 4 heterocycles. The van der Waals surface area contributed by atoms with E-state index < -0.39 is 6.04 Å². The van der Waals surface area contributed by atoms with Crippen LogP contribution >= 0.6 is 0 Å². The Hall–Kier alpha value is -4.93. The van der Waals surface area contributed by atoms with Crippen molar-refractivity contribution in [2.45, 2.75) is 13.0 Å². The van der Waals surface area contributed by atoms with E-state index in [9.17, 15) is 4.39 Å². The molecule has 0 amide bonds. The van der Waals surface area contributed by atoms with Gasteiger partial charge < -0.3 is 9.88 Å². The van der Waals surface area contributed by atoms with Gasteiger partial charge in [0, 0.05) is 44.3 Å². The topological polar surface area (TPSA) is 104 Å². The van der Waals surface area contributed by atoms with Gasteiger partial charge >= 0.3 is 0 Å². The Morgan fingerprint density at radius 3 is 2.59 bits per heavy atom. The number of fused-ring (bicyclic) bond motifs is 1. The number of nitrogens with one attached hydrogen (secondary N) is 1. The highest BCUT2D eigenvalue weighted by molar-refractivity contribution is 5.81. The van der Waals surface area contributed by atoms with E-state index in [1.54, 1.807) is 40.9 Å². The summed E-state index contributed by atoms with van der Waals surface area (Å²) in [6, 6.07) is 14.3. The molecule has 0 aliphatic carbocycles. The van der Waals surface area contributed by atoms with Crippen molar-refractivity contribution in [3.63, 3.8) is 0 Å². The Morgan fingerprint density at radius 2 is 1.84 bits per heavy atom. The lowest BCUT2D eigenvalue weighted by atomic mass is 10.0. The predicted octanol–water partition coefficient (Wildman–Crippen LogP) is 4.18. The zero-order valence-corrected chi connectivity index (χ0v) is 20.4. The van der Waals surface area contributed by atoms with Gasteiger partial charge in [-0.1, -0.05) is 23.4 Å². The summed E-state index contributed by atoms with van der Waals surface area (Å²) in [5, 5.41) is 16.2. The Kier molecular flexibility index (Phi) is 5.44. The molecule has 6 rings (SSSR count). The van der Waals surface area contributed by atoms with E-state index in [1.807, 2.05) is 61.3 Å². The highest BCUT2D eigenvalue weighted by atomic mass is 19.1. The summed E-state index contributed by atoms with van der Waals surface area (Å²) in [5.41, 5.74) is 4.39. The Balaban J connectivity index is 1.40. The number of hydrogen-bond donors (Lipinski definition) is 1. The lowest BCUT2D eigenvalue weighted by molar-refractivity contribution is 0.539. The molecule has 10 nitrogen and oxygen atoms in total. The molecule has 0 saturated heterocycles. The smallest absolute Gasteiger partial charge is 0.228 e. The fourth-order valence-electron chi connectivity index (χ4n) is 4.30. The fraction of sp³-hybridized carbons (Fsp3) is 0.154. The van der Waals surface area contributed by atoms with Crippen molar-refractivity contribution in [3.05, 3.63) is 96.1 Å². The van der Waals surface area contributed by atoms with Gasteiger partial charge in [0.15, 0.2) is 0 Å². The highest BCUT2D eigenvalue weighted by Gasteiger charge is 2.25. The van der Waals surface area contributed by atoms with Crippen molar-refractivity contribution in [1.29, 1.82) is 0 Å². The van der Waals surface area contributed by atoms with E-state index in [-0.39, 0.29) is 5.82 Å². The number of anilines is 2. The van der Waals surface area contributed by atoms with Crippen molar-refractivity contribution in [3.8, 4) is 11.3 Å². The SMILES string of the molecule is Cc1ccc(C(c2nccn2C)n2nnc3cc(-c4ccnc(Nc5ccnn5C)n4)ccc32)cc1F. The van der Waals surface area contributed by atoms with Gasteiger partial charge in [-0.05, 0) is 42.3 Å². The first-order valence-corrected chi connectivity index (χ1v) is 11.6. The number of aromatic nitrogens is 9. The molecule has 0 fully saturated rings. The number of benzene rings is 2. The standard InChI is InChI=1S/C26H23FN10/c1-16-4-5-18(14-19(16)27)24(25-28-12-13-35(25)2)37-22-7-6-17(15-21(22)33-34-37)20-8-10-29-26(31-20)32-23-9-11-30-36(23)3/h4-15,24H,1-3H3,(H,29,31,32). The van der Waals surface area contributed by atoms with Gasteiger partial charge in [-0.15, -0.1) is 5.10 Å². The molecule has 4 aromatic heterocycles. The second kappa shape index (κ2) is 8.94. The summed E-state index contributed by atoms with van der Waals surface area (Å²) in [6.07, 6.45) is 6.98. The summed E-state index contributed by atoms with van der Waals surface area (Å²) in [5.74, 6) is 1.69. The van der Waals surface area contributed by atoms with Crippen LogP contribution in [-0.2, 0) is 14.1 Å². The zero-order chi connectivity index (χ0) is 25.5. The van der Waals surface area contributed by atoms with Crippen LogP contribution in [0.4, 0.5) is 16.2 Å². The van der Waals surface area contributed by atoms with Crippen molar-refractivity contribution >= 4 is 22.8 Å². The second-order valence-corrected chi connectivity index (χ2v) is 8.78. The van der Waals surface area contributed by atoms with E-state index in [4.69, 9.17) is 0 Å². The number of halogens is 1. The van der Waals surface area contributed by atoms with E-state index in [0.717, 1.165) is 34.0 Å². The minimum Gasteiger partial charge on any atom is -0.336 e. The molecule has 11 heteroatoms. The summed E-state index contributed by atoms with van der Waals surface area (Å²) >= 11 is 0. The maximum absolute atomic E-state index is 14.6. The molecule has 0 bridgehead atoms. The van der Waals surface area contributed by atoms with Crippen LogP contribution in [0.5, 0.6) is 0 Å². The van der Waals surface area contributed by atoms with Crippen LogP contribution in [0.25, 0.3) is 22.3 Å². The second-order valence-electron chi connectivity index (χ2n) is 8.78. The maximum Gasteiger partial charge on any atom is 0.228 e. The fourth-order valence-corrected chi connectivity index (χ4v) is 4.30. The van der Waals surface area contributed by atoms with Crippen LogP contribution in [-0.4, -0.2) is 44.3 Å². The molecule has 0 aliphatic rings. The average Bonchev–Trinajstić information content (AvgIpc) is 3.63. The molecule has 0 aliphatic heterocycles. The molecule has 0 spiro atoms. The Bertz CT molecular complexity index is 1730. The van der Waals surface area contributed by atoms with Gasteiger partial charge in [0.25, 0.3) is 0 Å². The number of imidazole rings is 1. The van der Waals surface area contributed by atoms with Gasteiger partial charge in [0.05, 0.1) is 17.4 Å². The number of nitrogens with zero attached hydrogens (tertiary/aromatic N) is 9. The number of rotatable bonds is 6. The van der Waals surface area contributed by atoms with Gasteiger partial charge in [0.1, 0.15) is 29.0 Å². The maximum atomic E-state index is 14.6. The van der Waals surface area contributed by atoms with Crippen LogP contribution in [0.3, 0.4) is 0 Å². The molecular weight excluding hydrogens is 471 g/mol. The predicted molar refractivity (Wildman–Crippen MR) is 137 cm³/mol. The zero-order valence-electron chi connectivity index (χ0n) is 20.4. The Labute approximate surface area is 211 Å². The third kappa shape index (κ3) is 4.10. The van der Waals surface area contributed by atoms with Gasteiger partial charge in [-0.2, -0.15) is 5.10 Å². The summed E-state index contributed by atoms with van der Waals surface area (Å²) in [6.45, 7) is 1.74.